The molecule has 2 N–H and O–H groups in total. The van der Waals surface area contributed by atoms with Crippen LogP contribution in [0.3, 0.4) is 0 Å². The topological polar surface area (TPSA) is 29.3 Å². The Morgan fingerprint density at radius 3 is 2.78 bits per heavy atom. The third-order valence-electron chi connectivity index (χ3n) is 4.14. The van der Waals surface area contributed by atoms with Crippen LogP contribution < -0.4 is 5.73 Å². The van der Waals surface area contributed by atoms with Crippen LogP contribution in [0.5, 0.6) is 0 Å². The smallest absolute Gasteiger partial charge is 0.0363 e. The van der Waals surface area contributed by atoms with Gasteiger partial charge in [-0.2, -0.15) is 0 Å². The third-order valence-corrected chi connectivity index (χ3v) is 4.14. The van der Waals surface area contributed by atoms with Gasteiger partial charge in [-0.25, -0.2) is 0 Å². The first kappa shape index (κ1) is 13.4. The highest BCUT2D eigenvalue weighted by atomic mass is 15.1. The molecule has 1 aliphatic heterocycles. The molecule has 0 saturated carbocycles. The molecule has 100 valence electrons. The van der Waals surface area contributed by atoms with Crippen molar-refractivity contribution < 1.29 is 0 Å². The monoisotopic (exact) mass is 246 g/mol. The van der Waals surface area contributed by atoms with Gasteiger partial charge in [0, 0.05) is 25.3 Å². The van der Waals surface area contributed by atoms with Gasteiger partial charge < -0.3 is 5.73 Å². The first-order valence-electron chi connectivity index (χ1n) is 7.33. The molecule has 1 atom stereocenters. The Hall–Kier alpha value is -1.02. The highest BCUT2D eigenvalue weighted by Gasteiger charge is 2.22. The molecule has 0 fully saturated rings. The fraction of sp³-hybridized carbons (Fsp3) is 0.625. The van der Waals surface area contributed by atoms with Crippen molar-refractivity contribution in [2.24, 2.45) is 5.92 Å². The summed E-state index contributed by atoms with van der Waals surface area (Å²) in [6.45, 7) is 7.95. The van der Waals surface area contributed by atoms with Gasteiger partial charge in [0.15, 0.2) is 0 Å². The minimum Gasteiger partial charge on any atom is -0.398 e. The maximum absolute atomic E-state index is 6.05. The summed E-state index contributed by atoms with van der Waals surface area (Å²) in [5.41, 5.74) is 9.81. The standard InChI is InChI=1S/C16H26N2/c1-3-5-7-13(4-2)10-18-11-14-8-6-9-16(17)15(14)12-18/h6,8-9,13H,3-5,7,10-12,17H2,1-2H3. The number of hydrogen-bond donors (Lipinski definition) is 1. The van der Waals surface area contributed by atoms with Crippen LogP contribution in [-0.2, 0) is 13.1 Å². The summed E-state index contributed by atoms with van der Waals surface area (Å²) in [7, 11) is 0. The molecule has 0 amide bonds. The minimum atomic E-state index is 0.848. The van der Waals surface area contributed by atoms with Crippen molar-refractivity contribution in [1.29, 1.82) is 0 Å². The van der Waals surface area contributed by atoms with Crippen molar-refractivity contribution in [3.63, 3.8) is 0 Å². The van der Waals surface area contributed by atoms with E-state index in [0.717, 1.165) is 24.7 Å². The van der Waals surface area contributed by atoms with E-state index in [1.807, 2.05) is 6.07 Å². The molecule has 0 radical (unpaired) electrons. The SMILES string of the molecule is CCCCC(CC)CN1Cc2cccc(N)c2C1. The van der Waals surface area contributed by atoms with Crippen molar-refractivity contribution in [1.82, 2.24) is 4.90 Å². The Labute approximate surface area is 111 Å². The number of fused-ring (bicyclic) bond motifs is 1. The molecule has 0 aliphatic carbocycles. The predicted octanol–water partition coefficient (Wildman–Crippen LogP) is 3.80. The summed E-state index contributed by atoms with van der Waals surface area (Å²) in [6.07, 6.45) is 5.34. The molecular weight excluding hydrogens is 220 g/mol. The number of benzene rings is 1. The lowest BCUT2D eigenvalue weighted by atomic mass is 9.99. The lowest BCUT2D eigenvalue weighted by Gasteiger charge is -2.22. The number of rotatable bonds is 6. The van der Waals surface area contributed by atoms with Gasteiger partial charge in [0.1, 0.15) is 0 Å². The van der Waals surface area contributed by atoms with Crippen LogP contribution in [0.1, 0.15) is 50.7 Å². The molecule has 0 bridgehead atoms. The molecule has 2 rings (SSSR count). The number of nitrogen functional groups attached to an aromatic ring is 1. The first-order chi connectivity index (χ1) is 8.74. The molecule has 0 aromatic heterocycles. The van der Waals surface area contributed by atoms with Gasteiger partial charge >= 0.3 is 0 Å². The van der Waals surface area contributed by atoms with Crippen molar-refractivity contribution in [2.75, 3.05) is 12.3 Å². The maximum atomic E-state index is 6.05. The van der Waals surface area contributed by atoms with Crippen LogP contribution in [0.25, 0.3) is 0 Å². The summed E-state index contributed by atoms with van der Waals surface area (Å²) in [5.74, 6) is 0.848. The second-order valence-corrected chi connectivity index (χ2v) is 5.57. The summed E-state index contributed by atoms with van der Waals surface area (Å²) in [5, 5.41) is 0. The van der Waals surface area contributed by atoms with E-state index in [0.29, 0.717) is 0 Å². The summed E-state index contributed by atoms with van der Waals surface area (Å²) >= 11 is 0. The number of unbranched alkanes of at least 4 members (excludes halogenated alkanes) is 1. The Morgan fingerprint density at radius 2 is 2.11 bits per heavy atom. The van der Waals surface area contributed by atoms with E-state index >= 15 is 0 Å². The molecule has 0 saturated heterocycles. The predicted molar refractivity (Wildman–Crippen MR) is 78.3 cm³/mol. The zero-order valence-corrected chi connectivity index (χ0v) is 11.8. The molecular formula is C16H26N2. The van der Waals surface area contributed by atoms with Gasteiger partial charge in [0.05, 0.1) is 0 Å². The Balaban J connectivity index is 1.92. The Morgan fingerprint density at radius 1 is 1.28 bits per heavy atom. The fourth-order valence-corrected chi connectivity index (χ4v) is 2.93. The lowest BCUT2D eigenvalue weighted by Crippen LogP contribution is -2.24. The van der Waals surface area contributed by atoms with Crippen LogP contribution in [0.4, 0.5) is 5.69 Å². The van der Waals surface area contributed by atoms with E-state index in [-0.39, 0.29) is 0 Å². The Bertz CT molecular complexity index is 387. The van der Waals surface area contributed by atoms with Gasteiger partial charge in [-0.05, 0) is 29.5 Å². The van der Waals surface area contributed by atoms with E-state index in [2.05, 4.69) is 30.9 Å². The molecule has 0 spiro atoms. The first-order valence-corrected chi connectivity index (χ1v) is 7.33. The number of anilines is 1. The molecule has 1 heterocycles. The third kappa shape index (κ3) is 3.05. The van der Waals surface area contributed by atoms with E-state index < -0.39 is 0 Å². The second kappa shape index (κ2) is 6.24. The minimum absolute atomic E-state index is 0.848. The van der Waals surface area contributed by atoms with Crippen molar-refractivity contribution in [3.05, 3.63) is 29.3 Å². The van der Waals surface area contributed by atoms with E-state index in [1.165, 1.54) is 43.4 Å². The average molecular weight is 246 g/mol. The Kier molecular flexibility index (Phi) is 4.65. The fourth-order valence-electron chi connectivity index (χ4n) is 2.93. The van der Waals surface area contributed by atoms with Crippen LogP contribution in [0.2, 0.25) is 0 Å². The van der Waals surface area contributed by atoms with E-state index in [4.69, 9.17) is 5.73 Å². The molecule has 2 nitrogen and oxygen atoms in total. The zero-order chi connectivity index (χ0) is 13.0. The zero-order valence-electron chi connectivity index (χ0n) is 11.8. The van der Waals surface area contributed by atoms with Gasteiger partial charge in [0.2, 0.25) is 0 Å². The molecule has 1 aliphatic rings. The van der Waals surface area contributed by atoms with Gasteiger partial charge in [-0.15, -0.1) is 0 Å². The van der Waals surface area contributed by atoms with Crippen molar-refractivity contribution >= 4 is 5.69 Å². The van der Waals surface area contributed by atoms with Crippen LogP contribution in [-0.4, -0.2) is 11.4 Å². The highest BCUT2D eigenvalue weighted by Crippen LogP contribution is 2.29. The molecule has 1 unspecified atom stereocenters. The molecule has 2 heteroatoms. The van der Waals surface area contributed by atoms with Gasteiger partial charge in [0.25, 0.3) is 0 Å². The van der Waals surface area contributed by atoms with Crippen LogP contribution >= 0.6 is 0 Å². The normalized spacial score (nSPS) is 16.8. The van der Waals surface area contributed by atoms with E-state index in [1.54, 1.807) is 0 Å². The summed E-state index contributed by atoms with van der Waals surface area (Å²) in [6, 6.07) is 6.32. The highest BCUT2D eigenvalue weighted by molar-refractivity contribution is 5.52. The molecule has 1 aromatic carbocycles. The lowest BCUT2D eigenvalue weighted by molar-refractivity contribution is 0.223. The number of hydrogen-bond acceptors (Lipinski definition) is 2. The van der Waals surface area contributed by atoms with Crippen LogP contribution in [0, 0.1) is 5.92 Å². The van der Waals surface area contributed by atoms with Gasteiger partial charge in [-0.1, -0.05) is 45.2 Å². The second-order valence-electron chi connectivity index (χ2n) is 5.57. The van der Waals surface area contributed by atoms with Gasteiger partial charge in [-0.3, -0.25) is 4.90 Å². The van der Waals surface area contributed by atoms with Crippen molar-refractivity contribution in [2.45, 2.75) is 52.6 Å². The maximum Gasteiger partial charge on any atom is 0.0363 e. The number of nitrogens with zero attached hydrogens (tertiary/aromatic N) is 1. The molecule has 1 aromatic rings. The summed E-state index contributed by atoms with van der Waals surface area (Å²) in [4.78, 5) is 2.56. The number of nitrogens with two attached hydrogens (primary N) is 1. The average Bonchev–Trinajstić information content (AvgIpc) is 2.78. The summed E-state index contributed by atoms with van der Waals surface area (Å²) < 4.78 is 0. The van der Waals surface area contributed by atoms with Crippen LogP contribution in [0.15, 0.2) is 18.2 Å². The van der Waals surface area contributed by atoms with E-state index in [9.17, 15) is 0 Å². The quantitative estimate of drug-likeness (QED) is 0.774. The largest absolute Gasteiger partial charge is 0.398 e. The van der Waals surface area contributed by atoms with Crippen molar-refractivity contribution in [3.8, 4) is 0 Å². The molecule has 18 heavy (non-hydrogen) atoms.